The quantitative estimate of drug-likeness (QED) is 0.832. The highest BCUT2D eigenvalue weighted by Gasteiger charge is 2.48. The molecule has 0 aromatic heterocycles. The number of carboxylic acid groups (broad SMARTS) is 1. The SMILES string of the molecule is CO[C@@H]1CCC[C@@H]1[C@H]1COCCN1C(=O)CC1(C(=O)O)CCC1. The number of morpholine rings is 1. The van der Waals surface area contributed by atoms with Crippen LogP contribution in [0, 0.1) is 11.3 Å². The molecule has 3 fully saturated rings. The molecule has 3 atom stereocenters. The lowest BCUT2D eigenvalue weighted by Crippen LogP contribution is -2.55. The Bertz CT molecular complexity index is 462. The van der Waals surface area contributed by atoms with Gasteiger partial charge in [0.1, 0.15) is 0 Å². The van der Waals surface area contributed by atoms with Crippen molar-refractivity contribution in [1.82, 2.24) is 4.90 Å². The average Bonchev–Trinajstić information content (AvgIpc) is 2.98. The van der Waals surface area contributed by atoms with E-state index in [2.05, 4.69) is 0 Å². The number of methoxy groups -OCH3 is 1. The fraction of sp³-hybridized carbons (Fsp3) is 0.882. The summed E-state index contributed by atoms with van der Waals surface area (Å²) < 4.78 is 11.2. The number of rotatable bonds is 5. The minimum absolute atomic E-state index is 0.0228. The van der Waals surface area contributed by atoms with Crippen molar-refractivity contribution in [2.45, 2.75) is 57.1 Å². The molecule has 130 valence electrons. The van der Waals surface area contributed by atoms with E-state index in [0.29, 0.717) is 38.5 Å². The summed E-state index contributed by atoms with van der Waals surface area (Å²) in [7, 11) is 1.73. The monoisotopic (exact) mass is 325 g/mol. The van der Waals surface area contributed by atoms with Gasteiger partial charge in [0, 0.05) is 26.0 Å². The Morgan fingerprint density at radius 3 is 2.70 bits per heavy atom. The molecule has 2 saturated carbocycles. The summed E-state index contributed by atoms with van der Waals surface area (Å²) in [6, 6.07) is 0.0228. The third-order valence-electron chi connectivity index (χ3n) is 6.04. The lowest BCUT2D eigenvalue weighted by Gasteiger charge is -2.43. The molecule has 2 aliphatic carbocycles. The number of hydrogen-bond acceptors (Lipinski definition) is 4. The summed E-state index contributed by atoms with van der Waals surface area (Å²) in [6.45, 7) is 1.63. The Hall–Kier alpha value is -1.14. The summed E-state index contributed by atoms with van der Waals surface area (Å²) in [5.74, 6) is -0.550. The Balaban J connectivity index is 1.70. The number of hydrogen-bond donors (Lipinski definition) is 1. The number of carbonyl (C=O) groups is 2. The van der Waals surface area contributed by atoms with Crippen LogP contribution in [0.2, 0.25) is 0 Å². The lowest BCUT2D eigenvalue weighted by atomic mass is 9.66. The molecule has 0 radical (unpaired) electrons. The van der Waals surface area contributed by atoms with Gasteiger partial charge in [-0.1, -0.05) is 12.8 Å². The van der Waals surface area contributed by atoms with E-state index in [0.717, 1.165) is 25.7 Å². The van der Waals surface area contributed by atoms with Gasteiger partial charge in [0.25, 0.3) is 0 Å². The van der Waals surface area contributed by atoms with E-state index in [1.807, 2.05) is 4.90 Å². The molecule has 1 amide bonds. The second-order valence-electron chi connectivity index (χ2n) is 7.21. The summed E-state index contributed by atoms with van der Waals surface area (Å²) in [4.78, 5) is 26.3. The van der Waals surface area contributed by atoms with Crippen LogP contribution in [0.5, 0.6) is 0 Å². The van der Waals surface area contributed by atoms with Crippen LogP contribution in [0.1, 0.15) is 44.9 Å². The number of nitrogens with zero attached hydrogens (tertiary/aromatic N) is 1. The Labute approximate surface area is 137 Å². The second kappa shape index (κ2) is 6.77. The van der Waals surface area contributed by atoms with Crippen LogP contribution < -0.4 is 0 Å². The first-order valence-electron chi connectivity index (χ1n) is 8.71. The predicted molar refractivity (Wildman–Crippen MR) is 83.0 cm³/mol. The molecule has 0 spiro atoms. The molecular weight excluding hydrogens is 298 g/mol. The maximum absolute atomic E-state index is 12.8. The highest BCUT2D eigenvalue weighted by atomic mass is 16.5. The van der Waals surface area contributed by atoms with Crippen molar-refractivity contribution >= 4 is 11.9 Å². The normalized spacial score (nSPS) is 33.3. The van der Waals surface area contributed by atoms with Crippen molar-refractivity contribution in [3.63, 3.8) is 0 Å². The molecule has 1 saturated heterocycles. The smallest absolute Gasteiger partial charge is 0.310 e. The minimum atomic E-state index is -0.823. The molecule has 1 heterocycles. The van der Waals surface area contributed by atoms with Crippen molar-refractivity contribution < 1.29 is 24.2 Å². The fourth-order valence-corrected chi connectivity index (χ4v) is 4.44. The number of carboxylic acids is 1. The highest BCUT2D eigenvalue weighted by molar-refractivity contribution is 5.86. The molecule has 0 unspecified atom stereocenters. The Kier molecular flexibility index (Phi) is 4.92. The largest absolute Gasteiger partial charge is 0.481 e. The van der Waals surface area contributed by atoms with Gasteiger partial charge in [-0.25, -0.2) is 0 Å². The van der Waals surface area contributed by atoms with Gasteiger partial charge in [-0.3, -0.25) is 9.59 Å². The third-order valence-corrected chi connectivity index (χ3v) is 6.04. The standard InChI is InChI=1S/C17H27NO5/c1-22-14-5-2-4-12(14)13-11-23-9-8-18(13)15(19)10-17(16(20)21)6-3-7-17/h12-14H,2-11H2,1H3,(H,20,21)/t12-,13-,14-/m1/s1. The summed E-state index contributed by atoms with van der Waals surface area (Å²) in [5.41, 5.74) is -0.823. The van der Waals surface area contributed by atoms with Crippen LogP contribution in [0.25, 0.3) is 0 Å². The van der Waals surface area contributed by atoms with Crippen LogP contribution in [0.15, 0.2) is 0 Å². The van der Waals surface area contributed by atoms with Crippen LogP contribution in [-0.4, -0.2) is 60.9 Å². The maximum Gasteiger partial charge on any atom is 0.310 e. The summed E-state index contributed by atoms with van der Waals surface area (Å²) in [6.07, 6.45) is 5.62. The number of aliphatic carboxylic acids is 1. The van der Waals surface area contributed by atoms with Gasteiger partial charge in [0.05, 0.1) is 30.8 Å². The highest BCUT2D eigenvalue weighted by Crippen LogP contribution is 2.45. The molecule has 3 rings (SSSR count). The molecule has 0 bridgehead atoms. The number of amides is 1. The van der Waals surface area contributed by atoms with Gasteiger partial charge in [0.2, 0.25) is 5.91 Å². The van der Waals surface area contributed by atoms with Gasteiger partial charge < -0.3 is 19.5 Å². The van der Waals surface area contributed by atoms with E-state index in [1.165, 1.54) is 0 Å². The van der Waals surface area contributed by atoms with E-state index in [4.69, 9.17) is 9.47 Å². The van der Waals surface area contributed by atoms with E-state index >= 15 is 0 Å². The minimum Gasteiger partial charge on any atom is -0.481 e. The fourth-order valence-electron chi connectivity index (χ4n) is 4.44. The van der Waals surface area contributed by atoms with Crippen LogP contribution in [-0.2, 0) is 19.1 Å². The van der Waals surface area contributed by atoms with Crippen molar-refractivity contribution in [3.05, 3.63) is 0 Å². The lowest BCUT2D eigenvalue weighted by molar-refractivity contribution is -0.163. The molecule has 0 aromatic rings. The first-order valence-corrected chi connectivity index (χ1v) is 8.71. The van der Waals surface area contributed by atoms with Crippen molar-refractivity contribution in [2.75, 3.05) is 26.9 Å². The second-order valence-corrected chi connectivity index (χ2v) is 7.21. The Morgan fingerprint density at radius 1 is 1.30 bits per heavy atom. The molecule has 6 heteroatoms. The molecule has 1 aliphatic heterocycles. The maximum atomic E-state index is 12.8. The molecule has 1 N–H and O–H groups in total. The van der Waals surface area contributed by atoms with Crippen LogP contribution >= 0.6 is 0 Å². The van der Waals surface area contributed by atoms with Crippen molar-refractivity contribution in [2.24, 2.45) is 11.3 Å². The zero-order valence-corrected chi connectivity index (χ0v) is 13.8. The number of carbonyl (C=O) groups excluding carboxylic acids is 1. The molecule has 3 aliphatic rings. The molecule has 0 aromatic carbocycles. The van der Waals surface area contributed by atoms with E-state index in [1.54, 1.807) is 7.11 Å². The average molecular weight is 325 g/mol. The third kappa shape index (κ3) is 3.11. The van der Waals surface area contributed by atoms with Gasteiger partial charge in [0.15, 0.2) is 0 Å². The predicted octanol–water partition coefficient (Wildman–Crippen LogP) is 1.67. The molecule has 6 nitrogen and oxygen atoms in total. The van der Waals surface area contributed by atoms with Gasteiger partial charge in [-0.15, -0.1) is 0 Å². The van der Waals surface area contributed by atoms with Gasteiger partial charge in [-0.2, -0.15) is 0 Å². The summed E-state index contributed by atoms with van der Waals surface area (Å²) >= 11 is 0. The van der Waals surface area contributed by atoms with E-state index in [9.17, 15) is 14.7 Å². The van der Waals surface area contributed by atoms with Crippen LogP contribution in [0.3, 0.4) is 0 Å². The van der Waals surface area contributed by atoms with Crippen molar-refractivity contribution in [3.8, 4) is 0 Å². The van der Waals surface area contributed by atoms with Crippen LogP contribution in [0.4, 0.5) is 0 Å². The first kappa shape index (κ1) is 16.7. The number of ether oxygens (including phenoxy) is 2. The van der Waals surface area contributed by atoms with Gasteiger partial charge >= 0.3 is 5.97 Å². The van der Waals surface area contributed by atoms with E-state index in [-0.39, 0.29) is 24.5 Å². The topological polar surface area (TPSA) is 76.1 Å². The first-order chi connectivity index (χ1) is 11.1. The summed E-state index contributed by atoms with van der Waals surface area (Å²) in [5, 5.41) is 9.47. The zero-order valence-electron chi connectivity index (χ0n) is 13.8. The van der Waals surface area contributed by atoms with Crippen molar-refractivity contribution in [1.29, 1.82) is 0 Å². The Morgan fingerprint density at radius 2 is 2.09 bits per heavy atom. The molecular formula is C17H27NO5. The van der Waals surface area contributed by atoms with Gasteiger partial charge in [-0.05, 0) is 25.7 Å². The zero-order chi connectivity index (χ0) is 16.4. The van der Waals surface area contributed by atoms with E-state index < -0.39 is 11.4 Å². The molecule has 23 heavy (non-hydrogen) atoms.